The van der Waals surface area contributed by atoms with E-state index in [0.29, 0.717) is 42.6 Å². The van der Waals surface area contributed by atoms with Gasteiger partial charge in [-0.15, -0.1) is 0 Å². The summed E-state index contributed by atoms with van der Waals surface area (Å²) < 4.78 is 44.3. The molecule has 0 spiro atoms. The van der Waals surface area contributed by atoms with Crippen molar-refractivity contribution >= 4 is 29.4 Å². The van der Waals surface area contributed by atoms with Crippen LogP contribution in [0.25, 0.3) is 0 Å². The Morgan fingerprint density at radius 3 is 2.19 bits per heavy atom. The zero-order valence-electron chi connectivity index (χ0n) is 19.5. The third-order valence-electron chi connectivity index (χ3n) is 6.00. The van der Waals surface area contributed by atoms with E-state index in [-0.39, 0.29) is 36.6 Å². The van der Waals surface area contributed by atoms with Crippen LogP contribution >= 0.6 is 11.6 Å². The van der Waals surface area contributed by atoms with Gasteiger partial charge >= 0.3 is 12.1 Å². The summed E-state index contributed by atoms with van der Waals surface area (Å²) in [6.07, 6.45) is -2.22. The van der Waals surface area contributed by atoms with E-state index in [4.69, 9.17) is 21.4 Å². The zero-order valence-corrected chi connectivity index (χ0v) is 20.2. The van der Waals surface area contributed by atoms with Crippen LogP contribution in [0.2, 0.25) is 5.02 Å². The smallest absolute Gasteiger partial charge is 0.417 e. The van der Waals surface area contributed by atoms with E-state index in [0.717, 1.165) is 18.2 Å². The lowest BCUT2D eigenvalue weighted by Gasteiger charge is -2.27. The zero-order chi connectivity index (χ0) is 26.5. The fourth-order valence-electron chi connectivity index (χ4n) is 4.02. The second-order valence-corrected chi connectivity index (χ2v) is 9.02. The highest BCUT2D eigenvalue weighted by atomic mass is 35.5. The minimum atomic E-state index is -4.61. The maximum atomic E-state index is 12.8. The first kappa shape index (κ1) is 27.3. The minimum Gasteiger partial charge on any atom is -0.490 e. The lowest BCUT2D eigenvalue weighted by Crippen LogP contribution is -2.35. The van der Waals surface area contributed by atoms with E-state index in [9.17, 15) is 27.6 Å². The SMILES string of the molecule is Cc1cc(O[C@H]2CC[C@@H](C(=O)O)CC2)ccc1C(=O)NCCNC(=O)c1ccc(C(F)(F)F)c(Cl)c1. The molecule has 194 valence electrons. The van der Waals surface area contributed by atoms with Gasteiger partial charge in [0.15, 0.2) is 0 Å². The number of aliphatic carboxylic acids is 1. The molecule has 1 fully saturated rings. The number of aryl methyl sites for hydroxylation is 1. The monoisotopic (exact) mass is 526 g/mol. The van der Waals surface area contributed by atoms with Gasteiger partial charge in [-0.1, -0.05) is 11.6 Å². The number of carbonyl (C=O) groups excluding carboxylic acids is 2. The molecule has 0 unspecified atom stereocenters. The molecule has 0 bridgehead atoms. The maximum absolute atomic E-state index is 12.8. The van der Waals surface area contributed by atoms with Gasteiger partial charge in [0.05, 0.1) is 22.6 Å². The van der Waals surface area contributed by atoms with Crippen LogP contribution in [-0.4, -0.2) is 42.1 Å². The first-order valence-corrected chi connectivity index (χ1v) is 11.8. The highest BCUT2D eigenvalue weighted by Gasteiger charge is 2.33. The van der Waals surface area contributed by atoms with Crippen LogP contribution in [0.3, 0.4) is 0 Å². The average Bonchev–Trinajstić information content (AvgIpc) is 2.81. The third kappa shape index (κ3) is 7.13. The molecule has 1 aliphatic carbocycles. The standard InChI is InChI=1S/C25H26ClF3N2O5/c1-14-12-18(36-17-5-2-15(3-6-17)24(34)35)7-8-19(14)23(33)31-11-10-30-22(32)16-4-9-20(21(26)13-16)25(27,28)29/h4,7-9,12-13,15,17H,2-3,5-6,10-11H2,1H3,(H,30,32)(H,31,33)(H,34,35)/t15-,17+. The van der Waals surface area contributed by atoms with Crippen molar-refractivity contribution in [3.63, 3.8) is 0 Å². The highest BCUT2D eigenvalue weighted by molar-refractivity contribution is 6.31. The molecule has 0 radical (unpaired) electrons. The van der Waals surface area contributed by atoms with Crippen molar-refractivity contribution in [1.82, 2.24) is 10.6 Å². The molecule has 2 aromatic rings. The molecule has 1 saturated carbocycles. The lowest BCUT2D eigenvalue weighted by molar-refractivity contribution is -0.143. The number of nitrogens with one attached hydrogen (secondary N) is 2. The molecule has 2 amide bonds. The molecule has 11 heteroatoms. The molecule has 0 aromatic heterocycles. The molecule has 0 atom stereocenters. The third-order valence-corrected chi connectivity index (χ3v) is 6.31. The van der Waals surface area contributed by atoms with Crippen molar-refractivity contribution in [2.75, 3.05) is 13.1 Å². The molecular formula is C25H26ClF3N2O5. The Hall–Kier alpha value is -3.27. The number of benzene rings is 2. The van der Waals surface area contributed by atoms with Crippen molar-refractivity contribution < 1.29 is 37.4 Å². The van der Waals surface area contributed by atoms with Crippen LogP contribution in [0, 0.1) is 12.8 Å². The van der Waals surface area contributed by atoms with Gasteiger partial charge in [0.25, 0.3) is 11.8 Å². The lowest BCUT2D eigenvalue weighted by atomic mass is 9.87. The fraction of sp³-hybridized carbons (Fsp3) is 0.400. The van der Waals surface area contributed by atoms with Crippen LogP contribution in [0.5, 0.6) is 5.75 Å². The molecule has 36 heavy (non-hydrogen) atoms. The Labute approximate surface area is 211 Å². The quantitative estimate of drug-likeness (QED) is 0.427. The van der Waals surface area contributed by atoms with Gasteiger partial charge in [-0.25, -0.2) is 0 Å². The molecule has 3 rings (SSSR count). The second kappa shape index (κ2) is 11.6. The minimum absolute atomic E-state index is 0.0257. The Kier molecular flexibility index (Phi) is 8.84. The van der Waals surface area contributed by atoms with Crippen molar-refractivity contribution in [1.29, 1.82) is 0 Å². The normalized spacial score (nSPS) is 17.8. The number of halogens is 4. The molecule has 0 saturated heterocycles. The second-order valence-electron chi connectivity index (χ2n) is 8.61. The molecular weight excluding hydrogens is 501 g/mol. The highest BCUT2D eigenvalue weighted by Crippen LogP contribution is 2.35. The van der Waals surface area contributed by atoms with Crippen molar-refractivity contribution in [2.45, 2.75) is 44.9 Å². The van der Waals surface area contributed by atoms with Crippen LogP contribution in [0.4, 0.5) is 13.2 Å². The number of amides is 2. The van der Waals surface area contributed by atoms with Gasteiger partial charge in [0.1, 0.15) is 5.75 Å². The number of carboxylic acid groups (broad SMARTS) is 1. The predicted octanol–water partition coefficient (Wildman–Crippen LogP) is 4.85. The van der Waals surface area contributed by atoms with E-state index >= 15 is 0 Å². The number of hydrogen-bond donors (Lipinski definition) is 3. The number of ether oxygens (including phenoxy) is 1. The number of hydrogen-bond acceptors (Lipinski definition) is 4. The van der Waals surface area contributed by atoms with E-state index in [2.05, 4.69) is 10.6 Å². The summed E-state index contributed by atoms with van der Waals surface area (Å²) in [6.45, 7) is 1.92. The van der Waals surface area contributed by atoms with Gasteiger partial charge in [0, 0.05) is 24.2 Å². The first-order chi connectivity index (χ1) is 17.0. The van der Waals surface area contributed by atoms with E-state index < -0.39 is 28.6 Å². The first-order valence-electron chi connectivity index (χ1n) is 11.4. The van der Waals surface area contributed by atoms with Gasteiger partial charge in [-0.2, -0.15) is 13.2 Å². The number of carboxylic acids is 1. The average molecular weight is 527 g/mol. The summed E-state index contributed by atoms with van der Waals surface area (Å²) >= 11 is 5.64. The Morgan fingerprint density at radius 2 is 1.64 bits per heavy atom. The van der Waals surface area contributed by atoms with Gasteiger partial charge in [0.2, 0.25) is 0 Å². The van der Waals surface area contributed by atoms with Crippen molar-refractivity contribution in [2.24, 2.45) is 5.92 Å². The summed E-state index contributed by atoms with van der Waals surface area (Å²) in [7, 11) is 0. The maximum Gasteiger partial charge on any atom is 0.417 e. The fourth-order valence-corrected chi connectivity index (χ4v) is 4.31. The molecule has 0 aliphatic heterocycles. The Balaban J connectivity index is 1.46. The number of rotatable bonds is 8. The van der Waals surface area contributed by atoms with Crippen molar-refractivity contribution in [3.05, 3.63) is 63.7 Å². The largest absolute Gasteiger partial charge is 0.490 e. The molecule has 0 heterocycles. The molecule has 1 aliphatic rings. The summed E-state index contributed by atoms with van der Waals surface area (Å²) in [6, 6.07) is 7.79. The van der Waals surface area contributed by atoms with Crippen molar-refractivity contribution in [3.8, 4) is 5.75 Å². The van der Waals surface area contributed by atoms with E-state index in [1.165, 1.54) is 0 Å². The predicted molar refractivity (Wildman–Crippen MR) is 126 cm³/mol. The van der Waals surface area contributed by atoms with Gasteiger partial charge < -0.3 is 20.5 Å². The summed E-state index contributed by atoms with van der Waals surface area (Å²) in [5.41, 5.74) is 0.0676. The molecule has 2 aromatic carbocycles. The molecule has 3 N–H and O–H groups in total. The van der Waals surface area contributed by atoms with Crippen LogP contribution in [-0.2, 0) is 11.0 Å². The summed E-state index contributed by atoms with van der Waals surface area (Å²) in [5.74, 6) is -1.47. The molecule has 7 nitrogen and oxygen atoms in total. The number of carbonyl (C=O) groups is 3. The van der Waals surface area contributed by atoms with Crippen LogP contribution in [0.1, 0.15) is 57.5 Å². The number of alkyl halides is 3. The summed E-state index contributed by atoms with van der Waals surface area (Å²) in [4.78, 5) is 35.8. The van der Waals surface area contributed by atoms with E-state index in [1.807, 2.05) is 0 Å². The topological polar surface area (TPSA) is 105 Å². The van der Waals surface area contributed by atoms with Gasteiger partial charge in [-0.05, 0) is 74.6 Å². The van der Waals surface area contributed by atoms with Crippen LogP contribution in [0.15, 0.2) is 36.4 Å². The van der Waals surface area contributed by atoms with Gasteiger partial charge in [-0.3, -0.25) is 14.4 Å². The Bertz CT molecular complexity index is 1130. The summed E-state index contributed by atoms with van der Waals surface area (Å²) in [5, 5.41) is 13.7. The van der Waals surface area contributed by atoms with E-state index in [1.54, 1.807) is 25.1 Å². The Morgan fingerprint density at radius 1 is 1.00 bits per heavy atom. The van der Waals surface area contributed by atoms with Crippen LogP contribution < -0.4 is 15.4 Å².